The Morgan fingerprint density at radius 3 is 2.77 bits per heavy atom. The summed E-state index contributed by atoms with van der Waals surface area (Å²) in [7, 11) is 0. The van der Waals surface area contributed by atoms with E-state index in [9.17, 15) is 9.59 Å². The normalized spacial score (nSPS) is 26.2. The van der Waals surface area contributed by atoms with E-state index in [2.05, 4.69) is 20.2 Å². The van der Waals surface area contributed by atoms with Gasteiger partial charge in [0.05, 0.1) is 11.7 Å². The summed E-state index contributed by atoms with van der Waals surface area (Å²) in [5.74, 6) is 1.64. The molecule has 158 valence electrons. The topological polar surface area (TPSA) is 91.6 Å². The number of anilines is 1. The van der Waals surface area contributed by atoms with Gasteiger partial charge < -0.3 is 19.5 Å². The Hall–Kier alpha value is -2.90. The maximum absolute atomic E-state index is 13.5. The maximum Gasteiger partial charge on any atom is 0.289 e. The number of carbonyl (C=O) groups excluding carboxylic acids is 2. The molecule has 4 heterocycles. The Balaban J connectivity index is 1.41. The molecule has 5 rings (SSSR count). The van der Waals surface area contributed by atoms with Crippen molar-refractivity contribution >= 4 is 17.8 Å². The minimum absolute atomic E-state index is 0.0157. The number of nitrogens with zero attached hydrogens (tertiary/aromatic N) is 4. The predicted molar refractivity (Wildman–Crippen MR) is 110 cm³/mol. The highest BCUT2D eigenvalue weighted by molar-refractivity contribution is 5.91. The van der Waals surface area contributed by atoms with E-state index in [1.807, 2.05) is 4.90 Å². The summed E-state index contributed by atoms with van der Waals surface area (Å²) in [4.78, 5) is 39.2. The van der Waals surface area contributed by atoms with Crippen LogP contribution in [0.15, 0.2) is 41.3 Å². The number of likely N-dealkylation sites (tertiary alicyclic amines) is 1. The molecular weight excluding hydrogens is 382 g/mol. The van der Waals surface area contributed by atoms with Crippen LogP contribution in [-0.2, 0) is 4.79 Å². The third kappa shape index (κ3) is 3.55. The SMILES string of the molecule is O=C(c1ccco1)N1CCC[C@]2(C(=O)NCC3CC3)CN(c3ncccn3)C[C@@H]2C1. The molecule has 8 heteroatoms. The molecule has 2 atom stereocenters. The van der Waals surface area contributed by atoms with Crippen molar-refractivity contribution in [2.75, 3.05) is 37.6 Å². The second kappa shape index (κ2) is 7.74. The Kier molecular flexibility index (Phi) is 4.92. The summed E-state index contributed by atoms with van der Waals surface area (Å²) in [5.41, 5.74) is -0.535. The second-order valence-corrected chi connectivity index (χ2v) is 8.77. The van der Waals surface area contributed by atoms with Crippen LogP contribution >= 0.6 is 0 Å². The molecule has 30 heavy (non-hydrogen) atoms. The van der Waals surface area contributed by atoms with E-state index in [1.165, 1.54) is 19.1 Å². The van der Waals surface area contributed by atoms with Crippen molar-refractivity contribution in [3.63, 3.8) is 0 Å². The van der Waals surface area contributed by atoms with Gasteiger partial charge in [0.25, 0.3) is 5.91 Å². The fourth-order valence-electron chi connectivity index (χ4n) is 4.89. The molecule has 1 saturated carbocycles. The van der Waals surface area contributed by atoms with Gasteiger partial charge in [-0.3, -0.25) is 9.59 Å². The summed E-state index contributed by atoms with van der Waals surface area (Å²) in [5, 5.41) is 3.22. The molecule has 3 aliphatic rings. The summed E-state index contributed by atoms with van der Waals surface area (Å²) >= 11 is 0. The van der Waals surface area contributed by atoms with Gasteiger partial charge in [0.2, 0.25) is 11.9 Å². The zero-order chi connectivity index (χ0) is 20.6. The lowest BCUT2D eigenvalue weighted by atomic mass is 9.74. The first-order chi connectivity index (χ1) is 14.7. The van der Waals surface area contributed by atoms with Gasteiger partial charge in [-0.15, -0.1) is 0 Å². The van der Waals surface area contributed by atoms with Crippen LogP contribution in [0.2, 0.25) is 0 Å². The molecule has 0 unspecified atom stereocenters. The number of carbonyl (C=O) groups is 2. The number of amides is 2. The summed E-state index contributed by atoms with van der Waals surface area (Å²) in [6, 6.07) is 5.21. The van der Waals surface area contributed by atoms with Crippen molar-refractivity contribution in [1.29, 1.82) is 0 Å². The number of furan rings is 1. The largest absolute Gasteiger partial charge is 0.459 e. The zero-order valence-electron chi connectivity index (χ0n) is 17.0. The first-order valence-electron chi connectivity index (χ1n) is 10.8. The van der Waals surface area contributed by atoms with E-state index >= 15 is 0 Å². The van der Waals surface area contributed by atoms with Gasteiger partial charge in [-0.25, -0.2) is 9.97 Å². The van der Waals surface area contributed by atoms with Crippen LogP contribution < -0.4 is 10.2 Å². The third-order valence-electron chi connectivity index (χ3n) is 6.74. The number of aromatic nitrogens is 2. The fourth-order valence-corrected chi connectivity index (χ4v) is 4.89. The van der Waals surface area contributed by atoms with Gasteiger partial charge in [0.1, 0.15) is 0 Å². The molecule has 2 amide bonds. The quantitative estimate of drug-likeness (QED) is 0.812. The van der Waals surface area contributed by atoms with Crippen LogP contribution in [0.3, 0.4) is 0 Å². The van der Waals surface area contributed by atoms with Gasteiger partial charge in [-0.05, 0) is 49.8 Å². The van der Waals surface area contributed by atoms with Crippen molar-refractivity contribution in [2.24, 2.45) is 17.3 Å². The predicted octanol–water partition coefficient (Wildman–Crippen LogP) is 1.95. The van der Waals surface area contributed by atoms with Crippen LogP contribution in [-0.4, -0.2) is 59.4 Å². The monoisotopic (exact) mass is 409 g/mol. The number of hydrogen-bond donors (Lipinski definition) is 1. The molecule has 0 radical (unpaired) electrons. The van der Waals surface area contributed by atoms with Crippen LogP contribution in [0.4, 0.5) is 5.95 Å². The lowest BCUT2D eigenvalue weighted by molar-refractivity contribution is -0.132. The Labute approximate surface area is 175 Å². The maximum atomic E-state index is 13.5. The molecule has 3 fully saturated rings. The second-order valence-electron chi connectivity index (χ2n) is 8.77. The van der Waals surface area contributed by atoms with Gasteiger partial charge in [0.15, 0.2) is 5.76 Å². The molecular formula is C22H27N5O3. The average Bonchev–Trinajstić information content (AvgIpc) is 3.36. The van der Waals surface area contributed by atoms with Gasteiger partial charge in [-0.1, -0.05) is 0 Å². The van der Waals surface area contributed by atoms with Gasteiger partial charge in [0, 0.05) is 51.0 Å². The highest BCUT2D eigenvalue weighted by Crippen LogP contribution is 2.44. The molecule has 8 nitrogen and oxygen atoms in total. The van der Waals surface area contributed by atoms with Crippen molar-refractivity contribution in [3.05, 3.63) is 42.6 Å². The number of hydrogen-bond acceptors (Lipinski definition) is 6. The summed E-state index contributed by atoms with van der Waals surface area (Å²) < 4.78 is 5.33. The average molecular weight is 409 g/mol. The number of nitrogens with one attached hydrogen (secondary N) is 1. The molecule has 2 aromatic rings. The lowest BCUT2D eigenvalue weighted by Crippen LogP contribution is -2.48. The standard InChI is InChI=1S/C22H27N5O3/c28-19(18-4-1-11-30-18)26-10-2-7-22(20(29)25-12-16-5-6-16)15-27(14-17(22)13-26)21-23-8-3-9-24-21/h1,3-4,8-9,11,16-17H,2,5-7,10,12-15H2,(H,25,29)/t17-,22-/m0/s1. The summed E-state index contributed by atoms with van der Waals surface area (Å²) in [6.07, 6.45) is 8.90. The van der Waals surface area contributed by atoms with Crippen LogP contribution in [0.25, 0.3) is 0 Å². The highest BCUT2D eigenvalue weighted by atomic mass is 16.3. The van der Waals surface area contributed by atoms with Crippen LogP contribution in [0.1, 0.15) is 36.2 Å². The Morgan fingerprint density at radius 2 is 2.03 bits per heavy atom. The van der Waals surface area contributed by atoms with E-state index in [1.54, 1.807) is 30.6 Å². The van der Waals surface area contributed by atoms with Crippen molar-refractivity contribution in [3.8, 4) is 0 Å². The molecule has 2 aromatic heterocycles. The highest BCUT2D eigenvalue weighted by Gasteiger charge is 2.54. The Morgan fingerprint density at radius 1 is 1.20 bits per heavy atom. The minimum atomic E-state index is -0.535. The smallest absolute Gasteiger partial charge is 0.289 e. The molecule has 2 saturated heterocycles. The number of fused-ring (bicyclic) bond motifs is 1. The van der Waals surface area contributed by atoms with Gasteiger partial charge in [-0.2, -0.15) is 0 Å². The van der Waals surface area contributed by atoms with E-state index in [0.29, 0.717) is 43.8 Å². The molecule has 1 aliphatic carbocycles. The molecule has 1 N–H and O–H groups in total. The van der Waals surface area contributed by atoms with Crippen molar-refractivity contribution < 1.29 is 14.0 Å². The van der Waals surface area contributed by atoms with Crippen molar-refractivity contribution in [2.45, 2.75) is 25.7 Å². The first kappa shape index (κ1) is 19.1. The number of rotatable bonds is 5. The molecule has 2 aliphatic heterocycles. The van der Waals surface area contributed by atoms with E-state index in [-0.39, 0.29) is 17.7 Å². The van der Waals surface area contributed by atoms with Crippen molar-refractivity contribution in [1.82, 2.24) is 20.2 Å². The molecule has 0 spiro atoms. The first-order valence-corrected chi connectivity index (χ1v) is 10.8. The van der Waals surface area contributed by atoms with Gasteiger partial charge >= 0.3 is 0 Å². The van der Waals surface area contributed by atoms with E-state index < -0.39 is 5.41 Å². The van der Waals surface area contributed by atoms with Crippen LogP contribution in [0, 0.1) is 17.3 Å². The van der Waals surface area contributed by atoms with Crippen LogP contribution in [0.5, 0.6) is 0 Å². The third-order valence-corrected chi connectivity index (χ3v) is 6.74. The molecule has 0 bridgehead atoms. The molecule has 0 aromatic carbocycles. The van der Waals surface area contributed by atoms with E-state index in [0.717, 1.165) is 19.4 Å². The lowest BCUT2D eigenvalue weighted by Gasteiger charge is -2.32. The van der Waals surface area contributed by atoms with E-state index in [4.69, 9.17) is 4.42 Å². The fraction of sp³-hybridized carbons (Fsp3) is 0.545. The Bertz CT molecular complexity index is 899. The minimum Gasteiger partial charge on any atom is -0.459 e. The summed E-state index contributed by atoms with van der Waals surface area (Å²) in [6.45, 7) is 3.16. The zero-order valence-corrected chi connectivity index (χ0v) is 17.0.